The van der Waals surface area contributed by atoms with E-state index in [1.54, 1.807) is 31.4 Å². The van der Waals surface area contributed by atoms with Crippen LogP contribution >= 0.6 is 0 Å². The Bertz CT molecular complexity index is 498. The summed E-state index contributed by atoms with van der Waals surface area (Å²) < 4.78 is 31.5. The van der Waals surface area contributed by atoms with Gasteiger partial charge in [0.1, 0.15) is 0 Å². The van der Waals surface area contributed by atoms with E-state index in [2.05, 4.69) is 4.72 Å². The van der Waals surface area contributed by atoms with Gasteiger partial charge >= 0.3 is 0 Å². The number of anilines is 1. The van der Waals surface area contributed by atoms with Crippen molar-refractivity contribution in [2.45, 2.75) is 25.2 Å². The number of ether oxygens (including phenoxy) is 1. The van der Waals surface area contributed by atoms with E-state index in [0.717, 1.165) is 0 Å². The fourth-order valence-electron chi connectivity index (χ4n) is 1.28. The molecule has 0 aliphatic heterocycles. The summed E-state index contributed by atoms with van der Waals surface area (Å²) in [6, 6.07) is 6.92. The van der Waals surface area contributed by atoms with Crippen molar-refractivity contribution in [1.29, 1.82) is 0 Å². The lowest BCUT2D eigenvalue weighted by Gasteiger charge is -2.23. The first-order chi connectivity index (χ1) is 8.26. The minimum absolute atomic E-state index is 0.126. The molecule has 0 heterocycles. The summed E-state index contributed by atoms with van der Waals surface area (Å²) in [5.74, 6) is -0.126. The third-order valence-electron chi connectivity index (χ3n) is 2.67. The van der Waals surface area contributed by atoms with Crippen LogP contribution in [0, 0.1) is 0 Å². The van der Waals surface area contributed by atoms with Gasteiger partial charge in [0.05, 0.1) is 11.4 Å². The number of hydrogen-bond donors (Lipinski definition) is 2. The van der Waals surface area contributed by atoms with Gasteiger partial charge in [-0.05, 0) is 25.5 Å². The number of hydrogen-bond acceptors (Lipinski definition) is 4. The van der Waals surface area contributed by atoms with Crippen LogP contribution in [0.15, 0.2) is 24.3 Å². The number of rotatable bonds is 6. The van der Waals surface area contributed by atoms with Gasteiger partial charge in [0.25, 0.3) is 0 Å². The highest BCUT2D eigenvalue weighted by Gasteiger charge is 2.21. The van der Waals surface area contributed by atoms with Gasteiger partial charge in [-0.2, -0.15) is 0 Å². The highest BCUT2D eigenvalue weighted by Crippen LogP contribution is 2.14. The third kappa shape index (κ3) is 4.64. The van der Waals surface area contributed by atoms with E-state index >= 15 is 0 Å². The molecule has 0 amide bonds. The average molecular weight is 272 g/mol. The number of nitrogens with two attached hydrogens (primary N) is 1. The van der Waals surface area contributed by atoms with Crippen molar-refractivity contribution in [3.8, 4) is 0 Å². The van der Waals surface area contributed by atoms with Crippen molar-refractivity contribution in [2.75, 3.05) is 19.4 Å². The summed E-state index contributed by atoms with van der Waals surface area (Å²) in [7, 11) is -1.87. The number of para-hydroxylation sites is 1. The molecular weight excluding hydrogens is 252 g/mol. The van der Waals surface area contributed by atoms with Gasteiger partial charge in [0.2, 0.25) is 10.0 Å². The molecule has 0 aromatic heterocycles. The molecule has 0 fully saturated rings. The van der Waals surface area contributed by atoms with Gasteiger partial charge in [0, 0.05) is 19.3 Å². The number of nitrogens with one attached hydrogen (secondary N) is 1. The molecule has 18 heavy (non-hydrogen) atoms. The first kappa shape index (κ1) is 14.9. The van der Waals surface area contributed by atoms with Crippen LogP contribution in [-0.4, -0.2) is 27.7 Å². The van der Waals surface area contributed by atoms with E-state index in [4.69, 9.17) is 10.5 Å². The molecule has 1 aromatic rings. The maximum Gasteiger partial charge on any atom is 0.215 e. The maximum absolute atomic E-state index is 11.9. The Hall–Kier alpha value is -1.11. The molecule has 0 saturated heterocycles. The summed E-state index contributed by atoms with van der Waals surface area (Å²) in [4.78, 5) is 0. The monoisotopic (exact) mass is 272 g/mol. The van der Waals surface area contributed by atoms with Gasteiger partial charge in [0.15, 0.2) is 0 Å². The minimum atomic E-state index is -3.41. The van der Waals surface area contributed by atoms with Crippen molar-refractivity contribution in [3.05, 3.63) is 29.8 Å². The normalized spacial score (nSPS) is 12.6. The summed E-state index contributed by atoms with van der Waals surface area (Å²) >= 11 is 0. The lowest BCUT2D eigenvalue weighted by atomic mass is 10.1. The predicted molar refractivity (Wildman–Crippen MR) is 72.6 cm³/mol. The van der Waals surface area contributed by atoms with Crippen molar-refractivity contribution in [2.24, 2.45) is 0 Å². The van der Waals surface area contributed by atoms with E-state index in [1.807, 2.05) is 13.8 Å². The SMILES string of the molecule is COC(C)(C)CNS(=O)(=O)Cc1ccccc1N. The zero-order chi connectivity index (χ0) is 13.8. The second-order valence-corrected chi connectivity index (χ2v) is 6.55. The standard InChI is InChI=1S/C12H20N2O3S/c1-12(2,17-3)9-14-18(15,16)8-10-6-4-5-7-11(10)13/h4-7,14H,8-9,13H2,1-3H3. The van der Waals surface area contributed by atoms with E-state index in [9.17, 15) is 8.42 Å². The Kier molecular flexibility index (Phi) is 4.72. The second-order valence-electron chi connectivity index (χ2n) is 4.74. The van der Waals surface area contributed by atoms with Gasteiger partial charge in [-0.3, -0.25) is 0 Å². The molecule has 0 aliphatic carbocycles. The van der Waals surface area contributed by atoms with Gasteiger partial charge in [-0.1, -0.05) is 18.2 Å². The Morgan fingerprint density at radius 3 is 2.50 bits per heavy atom. The molecule has 0 saturated carbocycles. The molecule has 5 nitrogen and oxygen atoms in total. The van der Waals surface area contributed by atoms with Crippen LogP contribution in [0.1, 0.15) is 19.4 Å². The van der Waals surface area contributed by atoms with Gasteiger partial charge < -0.3 is 10.5 Å². The van der Waals surface area contributed by atoms with Crippen molar-refractivity contribution in [1.82, 2.24) is 4.72 Å². The maximum atomic E-state index is 11.9. The molecule has 1 aromatic carbocycles. The van der Waals surface area contributed by atoms with Crippen LogP contribution in [0.5, 0.6) is 0 Å². The first-order valence-corrected chi connectivity index (χ1v) is 7.27. The zero-order valence-corrected chi connectivity index (χ0v) is 11.8. The summed E-state index contributed by atoms with van der Waals surface area (Å²) in [5.41, 5.74) is 6.26. The van der Waals surface area contributed by atoms with E-state index in [1.165, 1.54) is 0 Å². The summed E-state index contributed by atoms with van der Waals surface area (Å²) in [6.45, 7) is 3.84. The van der Waals surface area contributed by atoms with Crippen LogP contribution < -0.4 is 10.5 Å². The first-order valence-electron chi connectivity index (χ1n) is 5.62. The summed E-state index contributed by atoms with van der Waals surface area (Å²) in [5, 5.41) is 0. The molecule has 0 aliphatic rings. The van der Waals surface area contributed by atoms with Crippen LogP contribution in [-0.2, 0) is 20.5 Å². The smallest absolute Gasteiger partial charge is 0.215 e. The van der Waals surface area contributed by atoms with Crippen LogP contribution in [0.4, 0.5) is 5.69 Å². The number of nitrogen functional groups attached to an aromatic ring is 1. The number of methoxy groups -OCH3 is 1. The van der Waals surface area contributed by atoms with Crippen LogP contribution in [0.25, 0.3) is 0 Å². The molecule has 6 heteroatoms. The van der Waals surface area contributed by atoms with Crippen LogP contribution in [0.3, 0.4) is 0 Å². The number of benzene rings is 1. The minimum Gasteiger partial charge on any atom is -0.398 e. The topological polar surface area (TPSA) is 81.4 Å². The molecule has 0 spiro atoms. The molecule has 0 radical (unpaired) electrons. The predicted octanol–water partition coefficient (Wildman–Crippen LogP) is 1.11. The molecule has 0 unspecified atom stereocenters. The van der Waals surface area contributed by atoms with E-state index in [-0.39, 0.29) is 12.3 Å². The Morgan fingerprint density at radius 2 is 1.94 bits per heavy atom. The van der Waals surface area contributed by atoms with Gasteiger partial charge in [-0.25, -0.2) is 13.1 Å². The fraction of sp³-hybridized carbons (Fsp3) is 0.500. The van der Waals surface area contributed by atoms with Crippen LogP contribution in [0.2, 0.25) is 0 Å². The quantitative estimate of drug-likeness (QED) is 0.760. The molecule has 0 bridgehead atoms. The molecular formula is C12H20N2O3S. The average Bonchev–Trinajstić information content (AvgIpc) is 2.30. The second kappa shape index (κ2) is 5.69. The van der Waals surface area contributed by atoms with Crippen molar-refractivity contribution < 1.29 is 13.2 Å². The summed E-state index contributed by atoms with van der Waals surface area (Å²) in [6.07, 6.45) is 0. The highest BCUT2D eigenvalue weighted by molar-refractivity contribution is 7.88. The lowest BCUT2D eigenvalue weighted by Crippen LogP contribution is -2.40. The molecule has 102 valence electrons. The fourth-order valence-corrected chi connectivity index (χ4v) is 2.62. The third-order valence-corrected chi connectivity index (χ3v) is 3.95. The van der Waals surface area contributed by atoms with Crippen molar-refractivity contribution in [3.63, 3.8) is 0 Å². The lowest BCUT2D eigenvalue weighted by molar-refractivity contribution is 0.0276. The Morgan fingerprint density at radius 1 is 1.33 bits per heavy atom. The van der Waals surface area contributed by atoms with Crippen molar-refractivity contribution >= 4 is 15.7 Å². The zero-order valence-electron chi connectivity index (χ0n) is 10.9. The Balaban J connectivity index is 2.69. The molecule has 0 atom stereocenters. The molecule has 1 rings (SSSR count). The largest absolute Gasteiger partial charge is 0.398 e. The van der Waals surface area contributed by atoms with Gasteiger partial charge in [-0.15, -0.1) is 0 Å². The van der Waals surface area contributed by atoms with E-state index in [0.29, 0.717) is 11.3 Å². The molecule has 3 N–H and O–H groups in total. The number of sulfonamides is 1. The Labute approximate surface area is 108 Å². The van der Waals surface area contributed by atoms with E-state index < -0.39 is 15.6 Å². The highest BCUT2D eigenvalue weighted by atomic mass is 32.2.